The van der Waals surface area contributed by atoms with E-state index in [2.05, 4.69) is 10.2 Å². The second-order valence-electron chi connectivity index (χ2n) is 5.41. The lowest BCUT2D eigenvalue weighted by Crippen LogP contribution is -2.44. The fraction of sp³-hybridized carbons (Fsp3) is 0.600. The molecule has 118 valence electrons. The summed E-state index contributed by atoms with van der Waals surface area (Å²) in [6.07, 6.45) is -4.14. The number of hydrogen-bond acceptors (Lipinski definition) is 3. The number of hydrogen-bond donors (Lipinski definition) is 1. The van der Waals surface area contributed by atoms with E-state index in [9.17, 15) is 13.2 Å². The molecule has 0 radical (unpaired) electrons. The summed E-state index contributed by atoms with van der Waals surface area (Å²) in [6, 6.07) is 5.40. The molecule has 3 nitrogen and oxygen atoms in total. The molecule has 1 saturated heterocycles. The lowest BCUT2D eigenvalue weighted by atomic mass is 10.0. The molecular weight excluding hydrogens is 281 g/mol. The van der Waals surface area contributed by atoms with E-state index in [0.717, 1.165) is 19.2 Å². The number of alkyl halides is 3. The molecule has 0 amide bonds. The minimum Gasteiger partial charge on any atom is -0.376 e. The average molecular weight is 302 g/mol. The fourth-order valence-corrected chi connectivity index (χ4v) is 2.61. The Hall–Kier alpha value is -1.11. The van der Waals surface area contributed by atoms with Gasteiger partial charge in [-0.1, -0.05) is 12.1 Å². The van der Waals surface area contributed by atoms with Gasteiger partial charge in [-0.25, -0.2) is 0 Å². The lowest BCUT2D eigenvalue weighted by molar-refractivity contribution is -0.137. The van der Waals surface area contributed by atoms with Gasteiger partial charge < -0.3 is 10.1 Å². The highest BCUT2D eigenvalue weighted by molar-refractivity contribution is 5.28. The minimum absolute atomic E-state index is 0.127. The molecule has 1 heterocycles. The van der Waals surface area contributed by atoms with E-state index in [0.29, 0.717) is 18.7 Å². The Morgan fingerprint density at radius 3 is 2.81 bits per heavy atom. The molecule has 0 spiro atoms. The Morgan fingerprint density at radius 1 is 1.43 bits per heavy atom. The van der Waals surface area contributed by atoms with Crippen LogP contribution in [0.4, 0.5) is 13.2 Å². The van der Waals surface area contributed by atoms with Gasteiger partial charge in [0.05, 0.1) is 18.3 Å². The van der Waals surface area contributed by atoms with Gasteiger partial charge in [-0.15, -0.1) is 0 Å². The van der Waals surface area contributed by atoms with Gasteiger partial charge >= 0.3 is 6.18 Å². The van der Waals surface area contributed by atoms with Gasteiger partial charge in [-0.3, -0.25) is 4.90 Å². The quantitative estimate of drug-likeness (QED) is 0.925. The standard InChI is InChI=1S/C15H21F3N2O/c1-11-9-20(6-7-21-11)10-14(19-2)12-4-3-5-13(8-12)15(16,17)18/h3-5,8,11,14,19H,6-7,9-10H2,1-2H3. The summed E-state index contributed by atoms with van der Waals surface area (Å²) in [5.41, 5.74) is 0.0575. The van der Waals surface area contributed by atoms with Crippen molar-refractivity contribution in [2.24, 2.45) is 0 Å². The van der Waals surface area contributed by atoms with Gasteiger partial charge in [0.15, 0.2) is 0 Å². The number of morpholine rings is 1. The second-order valence-corrected chi connectivity index (χ2v) is 5.41. The Balaban J connectivity index is 2.10. The summed E-state index contributed by atoms with van der Waals surface area (Å²) in [6.45, 7) is 4.95. The van der Waals surface area contributed by atoms with Gasteiger partial charge in [0.25, 0.3) is 0 Å². The molecule has 0 aromatic heterocycles. The first kappa shape index (κ1) is 16.3. The molecule has 1 N–H and O–H groups in total. The van der Waals surface area contributed by atoms with Crippen LogP contribution in [-0.2, 0) is 10.9 Å². The number of nitrogens with one attached hydrogen (secondary N) is 1. The summed E-state index contributed by atoms with van der Waals surface area (Å²) in [5, 5.41) is 3.11. The molecule has 1 aliphatic heterocycles. The van der Waals surface area contributed by atoms with E-state index in [1.807, 2.05) is 6.92 Å². The Kier molecular flexibility index (Phi) is 5.24. The molecule has 2 rings (SSSR count). The monoisotopic (exact) mass is 302 g/mol. The fourth-order valence-electron chi connectivity index (χ4n) is 2.61. The molecule has 1 aliphatic rings. The van der Waals surface area contributed by atoms with Gasteiger partial charge in [0.2, 0.25) is 0 Å². The Labute approximate surface area is 123 Å². The summed E-state index contributed by atoms with van der Waals surface area (Å²) < 4.78 is 43.9. The topological polar surface area (TPSA) is 24.5 Å². The number of halogens is 3. The first-order chi connectivity index (χ1) is 9.90. The lowest BCUT2D eigenvalue weighted by Gasteiger charge is -2.33. The van der Waals surface area contributed by atoms with Crippen LogP contribution < -0.4 is 5.32 Å². The van der Waals surface area contributed by atoms with E-state index in [1.54, 1.807) is 13.1 Å². The number of nitrogens with zero attached hydrogens (tertiary/aromatic N) is 1. The third-order valence-electron chi connectivity index (χ3n) is 3.73. The van der Waals surface area contributed by atoms with Crippen LogP contribution in [-0.4, -0.2) is 44.3 Å². The molecule has 0 aliphatic carbocycles. The summed E-state index contributed by atoms with van der Waals surface area (Å²) in [4.78, 5) is 2.22. The van der Waals surface area contributed by atoms with Crippen molar-refractivity contribution in [2.45, 2.75) is 25.2 Å². The maximum absolute atomic E-state index is 12.8. The molecule has 21 heavy (non-hydrogen) atoms. The van der Waals surface area contributed by atoms with E-state index >= 15 is 0 Å². The average Bonchev–Trinajstić information content (AvgIpc) is 2.44. The molecule has 1 aromatic carbocycles. The SMILES string of the molecule is CNC(CN1CCOC(C)C1)c1cccc(C(F)(F)F)c1. The van der Waals surface area contributed by atoms with Crippen LogP contribution in [0, 0.1) is 0 Å². The predicted octanol–water partition coefficient (Wildman–Crippen LogP) is 2.69. The maximum Gasteiger partial charge on any atom is 0.416 e. The van der Waals surface area contributed by atoms with Crippen molar-refractivity contribution >= 4 is 0 Å². The van der Waals surface area contributed by atoms with Gasteiger partial charge in [0.1, 0.15) is 0 Å². The van der Waals surface area contributed by atoms with Crippen LogP contribution in [0.5, 0.6) is 0 Å². The van der Waals surface area contributed by atoms with Crippen molar-refractivity contribution in [3.8, 4) is 0 Å². The third-order valence-corrected chi connectivity index (χ3v) is 3.73. The highest BCUT2D eigenvalue weighted by Gasteiger charge is 2.31. The number of benzene rings is 1. The zero-order valence-electron chi connectivity index (χ0n) is 12.3. The first-order valence-electron chi connectivity index (χ1n) is 7.08. The summed E-state index contributed by atoms with van der Waals surface area (Å²) in [5.74, 6) is 0. The zero-order chi connectivity index (χ0) is 15.5. The van der Waals surface area contributed by atoms with Crippen LogP contribution in [0.1, 0.15) is 24.1 Å². The largest absolute Gasteiger partial charge is 0.416 e. The Bertz CT molecular complexity index is 464. The molecule has 0 bridgehead atoms. The van der Waals surface area contributed by atoms with E-state index < -0.39 is 11.7 Å². The minimum atomic E-state index is -4.30. The van der Waals surface area contributed by atoms with Crippen LogP contribution in [0.25, 0.3) is 0 Å². The molecule has 2 atom stereocenters. The van der Waals surface area contributed by atoms with E-state index in [-0.39, 0.29) is 12.1 Å². The van der Waals surface area contributed by atoms with E-state index in [1.165, 1.54) is 12.1 Å². The summed E-state index contributed by atoms with van der Waals surface area (Å²) >= 11 is 0. The maximum atomic E-state index is 12.8. The number of ether oxygens (including phenoxy) is 1. The van der Waals surface area contributed by atoms with Gasteiger partial charge in [0, 0.05) is 25.7 Å². The van der Waals surface area contributed by atoms with Crippen LogP contribution in [0.3, 0.4) is 0 Å². The summed E-state index contributed by atoms with van der Waals surface area (Å²) in [7, 11) is 1.77. The Morgan fingerprint density at radius 2 is 2.19 bits per heavy atom. The molecule has 2 unspecified atom stereocenters. The molecule has 1 fully saturated rings. The molecular formula is C15H21F3N2O. The van der Waals surface area contributed by atoms with Crippen molar-refractivity contribution in [1.29, 1.82) is 0 Å². The van der Waals surface area contributed by atoms with Crippen LogP contribution in [0.15, 0.2) is 24.3 Å². The van der Waals surface area contributed by atoms with Crippen molar-refractivity contribution in [2.75, 3.05) is 33.3 Å². The second kappa shape index (κ2) is 6.77. The van der Waals surface area contributed by atoms with Crippen molar-refractivity contribution in [3.05, 3.63) is 35.4 Å². The third kappa shape index (κ3) is 4.43. The highest BCUT2D eigenvalue weighted by Crippen LogP contribution is 2.31. The first-order valence-corrected chi connectivity index (χ1v) is 7.08. The smallest absolute Gasteiger partial charge is 0.376 e. The predicted molar refractivity (Wildman–Crippen MR) is 75.1 cm³/mol. The number of rotatable bonds is 4. The van der Waals surface area contributed by atoms with Crippen LogP contribution in [0.2, 0.25) is 0 Å². The van der Waals surface area contributed by atoms with Gasteiger partial charge in [-0.05, 0) is 31.7 Å². The van der Waals surface area contributed by atoms with E-state index in [4.69, 9.17) is 4.74 Å². The van der Waals surface area contributed by atoms with Crippen molar-refractivity contribution in [1.82, 2.24) is 10.2 Å². The zero-order valence-corrected chi connectivity index (χ0v) is 12.3. The molecule has 0 saturated carbocycles. The molecule has 6 heteroatoms. The highest BCUT2D eigenvalue weighted by atomic mass is 19.4. The normalized spacial score (nSPS) is 22.2. The number of likely N-dealkylation sites (N-methyl/N-ethyl adjacent to an activating group) is 1. The van der Waals surface area contributed by atoms with Crippen molar-refractivity contribution < 1.29 is 17.9 Å². The molecule has 1 aromatic rings. The van der Waals surface area contributed by atoms with Crippen molar-refractivity contribution in [3.63, 3.8) is 0 Å². The van der Waals surface area contributed by atoms with Crippen LogP contribution >= 0.6 is 0 Å². The van der Waals surface area contributed by atoms with Gasteiger partial charge in [-0.2, -0.15) is 13.2 Å².